The SMILES string of the molecule is C=C/C=C(/C)C(=C)C#CC(=C)/C=C\C(=C)OC.CC. The van der Waals surface area contributed by atoms with Gasteiger partial charge in [0.25, 0.3) is 0 Å². The molecule has 0 spiro atoms. The lowest BCUT2D eigenvalue weighted by molar-refractivity contribution is 0.309. The van der Waals surface area contributed by atoms with Crippen molar-refractivity contribution >= 4 is 0 Å². The molecule has 102 valence electrons. The maximum Gasteiger partial charge on any atom is 0.111 e. The molecule has 0 aromatic heterocycles. The van der Waals surface area contributed by atoms with E-state index in [1.54, 1.807) is 25.3 Å². The molecule has 0 aromatic carbocycles. The van der Waals surface area contributed by atoms with Gasteiger partial charge in [-0.2, -0.15) is 0 Å². The first-order valence-corrected chi connectivity index (χ1v) is 6.11. The Labute approximate surface area is 118 Å². The maximum atomic E-state index is 4.89. The lowest BCUT2D eigenvalue weighted by atomic mass is 10.1. The smallest absolute Gasteiger partial charge is 0.111 e. The normalized spacial score (nSPS) is 9.58. The van der Waals surface area contributed by atoms with Crippen molar-refractivity contribution in [2.45, 2.75) is 20.8 Å². The van der Waals surface area contributed by atoms with Crippen LogP contribution in [0.25, 0.3) is 0 Å². The number of hydrogen-bond acceptors (Lipinski definition) is 1. The van der Waals surface area contributed by atoms with Crippen LogP contribution in [0.3, 0.4) is 0 Å². The van der Waals surface area contributed by atoms with Crippen LogP contribution in [-0.2, 0) is 4.74 Å². The van der Waals surface area contributed by atoms with Crippen LogP contribution in [0.5, 0.6) is 0 Å². The van der Waals surface area contributed by atoms with Gasteiger partial charge in [-0.1, -0.05) is 64.2 Å². The Kier molecular flexibility index (Phi) is 12.4. The Morgan fingerprint density at radius 1 is 1.05 bits per heavy atom. The Balaban J connectivity index is 0. The average molecular weight is 256 g/mol. The molecule has 19 heavy (non-hydrogen) atoms. The third-order valence-electron chi connectivity index (χ3n) is 1.95. The van der Waals surface area contributed by atoms with Crippen LogP contribution in [0.15, 0.2) is 73.1 Å². The van der Waals surface area contributed by atoms with E-state index in [4.69, 9.17) is 4.74 Å². The van der Waals surface area contributed by atoms with Gasteiger partial charge in [-0.05, 0) is 24.6 Å². The highest BCUT2D eigenvalue weighted by molar-refractivity contribution is 5.49. The molecule has 0 amide bonds. The predicted molar refractivity (Wildman–Crippen MR) is 86.6 cm³/mol. The van der Waals surface area contributed by atoms with E-state index in [2.05, 4.69) is 38.2 Å². The van der Waals surface area contributed by atoms with Gasteiger partial charge in [0.15, 0.2) is 0 Å². The monoisotopic (exact) mass is 256 g/mol. The van der Waals surface area contributed by atoms with Gasteiger partial charge in [-0.15, -0.1) is 0 Å². The molecule has 0 heterocycles. The van der Waals surface area contributed by atoms with Crippen LogP contribution in [0, 0.1) is 11.8 Å². The van der Waals surface area contributed by atoms with Crippen molar-refractivity contribution in [3.05, 3.63) is 73.1 Å². The molecule has 0 N–H and O–H groups in total. The molecule has 0 saturated heterocycles. The fourth-order valence-corrected chi connectivity index (χ4v) is 0.835. The zero-order valence-electron chi connectivity index (χ0n) is 12.5. The van der Waals surface area contributed by atoms with Gasteiger partial charge in [-0.3, -0.25) is 0 Å². The number of allylic oxidation sites excluding steroid dienone is 7. The summed E-state index contributed by atoms with van der Waals surface area (Å²) in [5, 5.41) is 0. The minimum absolute atomic E-state index is 0.564. The molecule has 0 aliphatic rings. The average Bonchev–Trinajstić information content (AvgIpc) is 2.44. The summed E-state index contributed by atoms with van der Waals surface area (Å²) in [5.74, 6) is 6.39. The van der Waals surface area contributed by atoms with Gasteiger partial charge in [0.1, 0.15) is 5.76 Å². The van der Waals surface area contributed by atoms with Gasteiger partial charge in [0, 0.05) is 11.1 Å². The van der Waals surface area contributed by atoms with E-state index in [1.807, 2.05) is 26.8 Å². The van der Waals surface area contributed by atoms with E-state index in [0.29, 0.717) is 11.3 Å². The molecule has 1 heteroatoms. The second-order valence-electron chi connectivity index (χ2n) is 3.34. The highest BCUT2D eigenvalue weighted by Gasteiger charge is 1.90. The number of rotatable bonds is 5. The van der Waals surface area contributed by atoms with Crippen molar-refractivity contribution in [3.63, 3.8) is 0 Å². The standard InChI is InChI=1S/C16H18O.C2H6/c1-7-8-14(3)15(4)11-9-13(2)10-12-16(5)17-6;1-2/h7-8,10,12H,1-2,4-5H2,3,6H3;1-2H3/b12-10-,14-8-;. The van der Waals surface area contributed by atoms with E-state index >= 15 is 0 Å². The topological polar surface area (TPSA) is 9.23 Å². The van der Waals surface area contributed by atoms with Crippen molar-refractivity contribution in [2.75, 3.05) is 7.11 Å². The predicted octanol–water partition coefficient (Wildman–Crippen LogP) is 4.98. The number of ether oxygens (including phenoxy) is 1. The van der Waals surface area contributed by atoms with E-state index in [9.17, 15) is 0 Å². The molecule has 0 fully saturated rings. The third kappa shape index (κ3) is 10.7. The highest BCUT2D eigenvalue weighted by atomic mass is 16.5. The van der Waals surface area contributed by atoms with E-state index < -0.39 is 0 Å². The summed E-state index contributed by atoms with van der Waals surface area (Å²) in [7, 11) is 1.56. The van der Waals surface area contributed by atoms with Gasteiger partial charge in [0.05, 0.1) is 7.11 Å². The fourth-order valence-electron chi connectivity index (χ4n) is 0.835. The van der Waals surface area contributed by atoms with Gasteiger partial charge in [0.2, 0.25) is 0 Å². The Hall–Kier alpha value is -2.20. The molecule has 0 atom stereocenters. The van der Waals surface area contributed by atoms with Crippen molar-refractivity contribution in [2.24, 2.45) is 0 Å². The summed E-state index contributed by atoms with van der Waals surface area (Å²) >= 11 is 0. The molecule has 0 bridgehead atoms. The lowest BCUT2D eigenvalue weighted by Gasteiger charge is -1.95. The van der Waals surface area contributed by atoms with Gasteiger partial charge >= 0.3 is 0 Å². The molecular weight excluding hydrogens is 232 g/mol. The van der Waals surface area contributed by atoms with Crippen molar-refractivity contribution in [3.8, 4) is 11.8 Å². The maximum absolute atomic E-state index is 4.89. The minimum atomic E-state index is 0.564. The summed E-state index contributed by atoms with van der Waals surface area (Å²) in [6.45, 7) is 20.9. The van der Waals surface area contributed by atoms with E-state index in [1.165, 1.54) is 0 Å². The summed E-state index contributed by atoms with van der Waals surface area (Å²) in [6.07, 6.45) is 7.03. The molecule has 1 nitrogen and oxygen atoms in total. The molecule has 0 radical (unpaired) electrons. The van der Waals surface area contributed by atoms with Crippen LogP contribution in [0.2, 0.25) is 0 Å². The molecular formula is C18H24O. The summed E-state index contributed by atoms with van der Waals surface area (Å²) in [4.78, 5) is 0. The molecule has 0 aliphatic carbocycles. The molecule has 0 saturated carbocycles. The van der Waals surface area contributed by atoms with Crippen LogP contribution in [-0.4, -0.2) is 7.11 Å². The Morgan fingerprint density at radius 2 is 1.63 bits per heavy atom. The van der Waals surface area contributed by atoms with E-state index in [-0.39, 0.29) is 0 Å². The quantitative estimate of drug-likeness (QED) is 0.383. The second kappa shape index (κ2) is 12.3. The molecule has 0 aromatic rings. The van der Waals surface area contributed by atoms with Crippen LogP contribution in [0.4, 0.5) is 0 Å². The zero-order chi connectivity index (χ0) is 15.3. The lowest BCUT2D eigenvalue weighted by Crippen LogP contribution is -1.80. The molecule has 0 rings (SSSR count). The first-order chi connectivity index (χ1) is 9.01. The first-order valence-electron chi connectivity index (χ1n) is 6.11. The van der Waals surface area contributed by atoms with Crippen LogP contribution < -0.4 is 0 Å². The largest absolute Gasteiger partial charge is 0.497 e. The van der Waals surface area contributed by atoms with Crippen LogP contribution >= 0.6 is 0 Å². The van der Waals surface area contributed by atoms with E-state index in [0.717, 1.165) is 11.1 Å². The first kappa shape index (κ1) is 19.1. The Morgan fingerprint density at radius 3 is 2.11 bits per heavy atom. The summed E-state index contributed by atoms with van der Waals surface area (Å²) in [5.41, 5.74) is 2.42. The van der Waals surface area contributed by atoms with Crippen molar-refractivity contribution in [1.82, 2.24) is 0 Å². The molecule has 0 aliphatic heterocycles. The van der Waals surface area contributed by atoms with Crippen molar-refractivity contribution < 1.29 is 4.74 Å². The van der Waals surface area contributed by atoms with Gasteiger partial charge in [-0.25, -0.2) is 0 Å². The minimum Gasteiger partial charge on any atom is -0.497 e. The summed E-state index contributed by atoms with van der Waals surface area (Å²) in [6, 6.07) is 0. The van der Waals surface area contributed by atoms with Gasteiger partial charge < -0.3 is 4.74 Å². The van der Waals surface area contributed by atoms with Crippen LogP contribution in [0.1, 0.15) is 20.8 Å². The zero-order valence-corrected chi connectivity index (χ0v) is 12.5. The Bertz CT molecular complexity index is 448. The second-order valence-corrected chi connectivity index (χ2v) is 3.34. The highest BCUT2D eigenvalue weighted by Crippen LogP contribution is 2.05. The van der Waals surface area contributed by atoms with Crippen molar-refractivity contribution in [1.29, 1.82) is 0 Å². The molecule has 0 unspecified atom stereocenters. The summed E-state index contributed by atoms with van der Waals surface area (Å²) < 4.78 is 4.89. The fraction of sp³-hybridized carbons (Fsp3) is 0.222. The number of methoxy groups -OCH3 is 1. The number of hydrogen-bond donors (Lipinski definition) is 0. The third-order valence-corrected chi connectivity index (χ3v) is 1.95.